The molecule has 1 aromatic carbocycles. The van der Waals surface area contributed by atoms with Crippen molar-refractivity contribution >= 4 is 26.6 Å². The molecule has 1 heterocycles. The van der Waals surface area contributed by atoms with Crippen LogP contribution in [0.3, 0.4) is 0 Å². The third-order valence-electron chi connectivity index (χ3n) is 4.79. The number of hydrogen-bond donors (Lipinski definition) is 0. The van der Waals surface area contributed by atoms with Crippen LogP contribution in [-0.2, 0) is 20.1 Å². The topological polar surface area (TPSA) is 44.8 Å². The predicted octanol–water partition coefficient (Wildman–Crippen LogP) is 3.19. The van der Waals surface area contributed by atoms with Gasteiger partial charge in [0.1, 0.15) is 0 Å². The third kappa shape index (κ3) is 3.93. The zero-order chi connectivity index (χ0) is 18.3. The molecule has 0 amide bonds. The van der Waals surface area contributed by atoms with Crippen LogP contribution in [0, 0.1) is 0 Å². The van der Waals surface area contributed by atoms with Crippen LogP contribution in [0.25, 0.3) is 0 Å². The molecule has 1 aliphatic rings. The molecule has 132 valence electrons. The molecule has 0 N–H and O–H groups in total. The first-order chi connectivity index (χ1) is 10.9. The number of methoxy groups -OCH3 is 1. The maximum atomic E-state index is 11.9. The Morgan fingerprint density at radius 1 is 1.12 bits per heavy atom. The number of esters is 1. The van der Waals surface area contributed by atoms with Crippen molar-refractivity contribution in [2.75, 3.05) is 7.11 Å². The number of hydrogen-bond acceptors (Lipinski definition) is 4. The first-order valence-corrected chi connectivity index (χ1v) is 12.1. The van der Waals surface area contributed by atoms with E-state index in [9.17, 15) is 4.79 Å². The van der Waals surface area contributed by atoms with E-state index in [0.717, 1.165) is 17.1 Å². The van der Waals surface area contributed by atoms with Crippen LogP contribution < -0.4 is 5.46 Å². The molecule has 1 aromatic rings. The lowest BCUT2D eigenvalue weighted by Crippen LogP contribution is -2.41. The molecule has 0 saturated carbocycles. The molecule has 0 atom stereocenters. The Kier molecular flexibility index (Phi) is 5.06. The van der Waals surface area contributed by atoms with Gasteiger partial charge in [-0.3, -0.25) is 0 Å². The minimum atomic E-state index is -1.38. The second-order valence-electron chi connectivity index (χ2n) is 8.73. The number of benzene rings is 1. The summed E-state index contributed by atoms with van der Waals surface area (Å²) in [5.41, 5.74) is 1.95. The van der Waals surface area contributed by atoms with Crippen molar-refractivity contribution in [2.45, 2.75) is 64.6 Å². The highest BCUT2D eigenvalue weighted by Gasteiger charge is 2.52. The summed E-state index contributed by atoms with van der Waals surface area (Å²) in [6, 6.07) is 6.63. The molecule has 0 bridgehead atoms. The largest absolute Gasteiger partial charge is 0.495 e. The Labute approximate surface area is 147 Å². The molecule has 6 heteroatoms. The van der Waals surface area contributed by atoms with E-state index >= 15 is 0 Å². The van der Waals surface area contributed by atoms with Crippen LogP contribution in [0.15, 0.2) is 18.2 Å². The number of carbonyl (C=O) groups is 1. The summed E-state index contributed by atoms with van der Waals surface area (Å²) >= 11 is 0. The lowest BCUT2D eigenvalue weighted by Gasteiger charge is -2.32. The second-order valence-corrected chi connectivity index (χ2v) is 14.2. The fraction of sp³-hybridized carbons (Fsp3) is 0.611. The fourth-order valence-corrected chi connectivity index (χ4v) is 4.22. The van der Waals surface area contributed by atoms with Gasteiger partial charge in [0.15, 0.2) is 0 Å². The Morgan fingerprint density at radius 2 is 1.67 bits per heavy atom. The second kappa shape index (κ2) is 6.32. The van der Waals surface area contributed by atoms with Crippen LogP contribution in [0.1, 0.15) is 43.6 Å². The van der Waals surface area contributed by atoms with Gasteiger partial charge >= 0.3 is 13.1 Å². The van der Waals surface area contributed by atoms with Crippen molar-refractivity contribution in [1.82, 2.24) is 0 Å². The van der Waals surface area contributed by atoms with Gasteiger partial charge in [-0.15, -0.1) is 0 Å². The van der Waals surface area contributed by atoms with Crippen molar-refractivity contribution in [3.8, 4) is 0 Å². The zero-order valence-corrected chi connectivity index (χ0v) is 17.1. The lowest BCUT2D eigenvalue weighted by atomic mass is 9.75. The average Bonchev–Trinajstić information content (AvgIpc) is 2.64. The minimum absolute atomic E-state index is 0.313. The molecule has 0 unspecified atom stereocenters. The van der Waals surface area contributed by atoms with E-state index in [2.05, 4.69) is 19.6 Å². The van der Waals surface area contributed by atoms with Crippen molar-refractivity contribution in [3.05, 3.63) is 29.3 Å². The van der Waals surface area contributed by atoms with E-state index in [4.69, 9.17) is 14.0 Å². The third-order valence-corrected chi connectivity index (χ3v) is 6.23. The number of carbonyl (C=O) groups excluding carboxylic acids is 1. The van der Waals surface area contributed by atoms with E-state index in [1.807, 2.05) is 39.8 Å². The van der Waals surface area contributed by atoms with Crippen molar-refractivity contribution in [2.24, 2.45) is 0 Å². The van der Waals surface area contributed by atoms with Gasteiger partial charge in [-0.25, -0.2) is 4.79 Å². The van der Waals surface area contributed by atoms with Gasteiger partial charge in [0, 0.05) is 8.07 Å². The fourth-order valence-electron chi connectivity index (χ4n) is 2.77. The van der Waals surface area contributed by atoms with Gasteiger partial charge in [0.2, 0.25) is 0 Å². The maximum absolute atomic E-state index is 11.9. The molecular formula is C18H29BO4Si. The number of rotatable bonds is 4. The van der Waals surface area contributed by atoms with Crippen molar-refractivity contribution in [1.29, 1.82) is 0 Å². The average molecular weight is 348 g/mol. The van der Waals surface area contributed by atoms with Crippen LogP contribution in [0.4, 0.5) is 0 Å². The maximum Gasteiger partial charge on any atom is 0.495 e. The minimum Gasteiger partial charge on any atom is -0.465 e. The van der Waals surface area contributed by atoms with Crippen LogP contribution in [0.2, 0.25) is 19.6 Å². The summed E-state index contributed by atoms with van der Waals surface area (Å²) in [6.45, 7) is 15.1. The van der Waals surface area contributed by atoms with Gasteiger partial charge in [-0.2, -0.15) is 0 Å². The van der Waals surface area contributed by atoms with Gasteiger partial charge in [-0.05, 0) is 51.3 Å². The van der Waals surface area contributed by atoms with E-state index in [1.165, 1.54) is 7.11 Å². The Hall–Kier alpha value is -1.11. The highest BCUT2D eigenvalue weighted by atomic mass is 28.3. The molecule has 1 aliphatic heterocycles. The molecule has 0 aromatic heterocycles. The molecule has 4 nitrogen and oxygen atoms in total. The molecular weight excluding hydrogens is 319 g/mol. The van der Waals surface area contributed by atoms with Gasteiger partial charge in [-0.1, -0.05) is 31.3 Å². The lowest BCUT2D eigenvalue weighted by molar-refractivity contribution is 0.00578. The summed E-state index contributed by atoms with van der Waals surface area (Å²) in [4.78, 5) is 11.9. The summed E-state index contributed by atoms with van der Waals surface area (Å²) in [6.07, 6.45) is 0. The van der Waals surface area contributed by atoms with Crippen LogP contribution in [0.5, 0.6) is 0 Å². The van der Waals surface area contributed by atoms with E-state index < -0.39 is 15.2 Å². The van der Waals surface area contributed by atoms with E-state index in [-0.39, 0.29) is 17.2 Å². The molecule has 1 saturated heterocycles. The molecule has 24 heavy (non-hydrogen) atoms. The molecule has 2 rings (SSSR count). The first kappa shape index (κ1) is 19.2. The summed E-state index contributed by atoms with van der Waals surface area (Å²) in [5.74, 6) is -0.313. The Morgan fingerprint density at radius 3 is 2.12 bits per heavy atom. The van der Waals surface area contributed by atoms with E-state index in [0.29, 0.717) is 5.56 Å². The van der Waals surface area contributed by atoms with Gasteiger partial charge in [0.25, 0.3) is 0 Å². The SMILES string of the molecule is COC(=O)c1ccc(B2OC(C)(C)C(C)(C)O2)c(C[Si](C)(C)C)c1. The smallest absolute Gasteiger partial charge is 0.465 e. The van der Waals surface area contributed by atoms with Crippen molar-refractivity contribution in [3.63, 3.8) is 0 Å². The van der Waals surface area contributed by atoms with Crippen LogP contribution >= 0.6 is 0 Å². The van der Waals surface area contributed by atoms with Crippen LogP contribution in [-0.4, -0.2) is 39.5 Å². The van der Waals surface area contributed by atoms with Gasteiger partial charge < -0.3 is 14.0 Å². The van der Waals surface area contributed by atoms with Crippen molar-refractivity contribution < 1.29 is 18.8 Å². The number of ether oxygens (including phenoxy) is 1. The Balaban J connectivity index is 2.44. The zero-order valence-electron chi connectivity index (χ0n) is 16.1. The molecule has 0 radical (unpaired) electrons. The quantitative estimate of drug-likeness (QED) is 0.619. The van der Waals surface area contributed by atoms with E-state index in [1.54, 1.807) is 6.07 Å². The van der Waals surface area contributed by atoms with Gasteiger partial charge in [0.05, 0.1) is 23.9 Å². The molecule has 0 spiro atoms. The summed E-state index contributed by atoms with van der Waals surface area (Å²) in [5, 5.41) is 0. The normalized spacial score (nSPS) is 19.4. The monoisotopic (exact) mass is 348 g/mol. The predicted molar refractivity (Wildman–Crippen MR) is 101 cm³/mol. The first-order valence-electron chi connectivity index (χ1n) is 8.43. The highest BCUT2D eigenvalue weighted by Crippen LogP contribution is 2.36. The summed E-state index contributed by atoms with van der Waals surface area (Å²) in [7, 11) is -0.387. The summed E-state index contributed by atoms with van der Waals surface area (Å²) < 4.78 is 17.3. The molecule has 1 fully saturated rings. The molecule has 0 aliphatic carbocycles. The Bertz CT molecular complexity index is 618. The standard InChI is InChI=1S/C18H29BO4Si/c1-17(2)18(3,4)23-19(22-17)15-10-9-13(16(20)21-5)11-14(15)12-24(6,7)8/h9-11H,12H2,1-8H3. The highest BCUT2D eigenvalue weighted by molar-refractivity contribution is 6.76.